The molecule has 1 unspecified atom stereocenters. The van der Waals surface area contributed by atoms with E-state index in [1.54, 1.807) is 0 Å². The molecule has 2 N–H and O–H groups in total. The van der Waals surface area contributed by atoms with Crippen LogP contribution in [0.1, 0.15) is 19.3 Å². The number of sulfonamides is 1. The number of piperidine rings is 1. The zero-order valence-corrected chi connectivity index (χ0v) is 12.4. The van der Waals surface area contributed by atoms with Gasteiger partial charge in [-0.3, -0.25) is 0 Å². The van der Waals surface area contributed by atoms with Crippen LogP contribution in [0.25, 0.3) is 0 Å². The molecule has 1 aliphatic heterocycles. The summed E-state index contributed by atoms with van der Waals surface area (Å²) in [6.45, 7) is 0.469. The Morgan fingerprint density at radius 3 is 2.65 bits per heavy atom. The van der Waals surface area contributed by atoms with Gasteiger partial charge in [0.05, 0.1) is 0 Å². The zero-order chi connectivity index (χ0) is 14.0. The van der Waals surface area contributed by atoms with Gasteiger partial charge >= 0.3 is 0 Å². The highest BCUT2D eigenvalue weighted by Gasteiger charge is 2.34. The Morgan fingerprint density at radius 2 is 2.00 bits per heavy atom. The smallest absolute Gasteiger partial charge is 0.246 e. The summed E-state index contributed by atoms with van der Waals surface area (Å²) >= 11 is 0. The van der Waals surface area contributed by atoms with Gasteiger partial charge in [-0.25, -0.2) is 17.2 Å². The predicted octanol–water partition coefficient (Wildman–Crippen LogP) is 1.89. The number of nitrogens with zero attached hydrogens (tertiary/aromatic N) is 1. The first kappa shape index (κ1) is 17.3. The van der Waals surface area contributed by atoms with Crippen LogP contribution in [-0.4, -0.2) is 31.9 Å². The average Bonchev–Trinajstić information content (AvgIpc) is 2.41. The third-order valence-electron chi connectivity index (χ3n) is 3.33. The van der Waals surface area contributed by atoms with Crippen LogP contribution in [-0.2, 0) is 10.0 Å². The van der Waals surface area contributed by atoms with Crippen molar-refractivity contribution < 1.29 is 17.2 Å². The Morgan fingerprint density at radius 1 is 1.30 bits per heavy atom. The monoisotopic (exact) mass is 326 g/mol. The third-order valence-corrected chi connectivity index (χ3v) is 5.29. The summed E-state index contributed by atoms with van der Waals surface area (Å²) in [5.74, 6) is -1.72. The molecular formula is C12H17ClF2N2O2S. The van der Waals surface area contributed by atoms with Crippen molar-refractivity contribution in [2.75, 3.05) is 13.1 Å². The summed E-state index contributed by atoms with van der Waals surface area (Å²) in [6, 6.07) is 2.09. The SMILES string of the molecule is Cl.NCC1CCCCN1S(=O)(=O)c1cc(F)ccc1F. The fraction of sp³-hybridized carbons (Fsp3) is 0.500. The molecule has 1 atom stereocenters. The minimum atomic E-state index is -4.04. The van der Waals surface area contributed by atoms with E-state index < -0.39 is 26.6 Å². The van der Waals surface area contributed by atoms with E-state index in [0.717, 1.165) is 18.6 Å². The molecule has 1 heterocycles. The Bertz CT molecular complexity index is 569. The van der Waals surface area contributed by atoms with Gasteiger partial charge in [-0.05, 0) is 31.0 Å². The third kappa shape index (κ3) is 3.28. The first-order valence-corrected chi connectivity index (χ1v) is 7.58. The van der Waals surface area contributed by atoms with Crippen molar-refractivity contribution in [3.8, 4) is 0 Å². The normalized spacial score (nSPS) is 20.4. The lowest BCUT2D eigenvalue weighted by Crippen LogP contribution is -2.47. The van der Waals surface area contributed by atoms with Gasteiger partial charge in [0.1, 0.15) is 16.5 Å². The molecule has 0 radical (unpaired) electrons. The van der Waals surface area contributed by atoms with E-state index in [-0.39, 0.29) is 25.0 Å². The molecule has 0 aromatic heterocycles. The van der Waals surface area contributed by atoms with Crippen molar-refractivity contribution >= 4 is 22.4 Å². The van der Waals surface area contributed by atoms with Crippen LogP contribution in [0.2, 0.25) is 0 Å². The zero-order valence-electron chi connectivity index (χ0n) is 10.8. The topological polar surface area (TPSA) is 63.4 Å². The molecule has 20 heavy (non-hydrogen) atoms. The summed E-state index contributed by atoms with van der Waals surface area (Å²) in [5.41, 5.74) is 5.56. The van der Waals surface area contributed by atoms with Gasteiger partial charge in [-0.15, -0.1) is 12.4 Å². The average molecular weight is 327 g/mol. The van der Waals surface area contributed by atoms with Crippen molar-refractivity contribution in [3.63, 3.8) is 0 Å². The largest absolute Gasteiger partial charge is 0.329 e. The van der Waals surface area contributed by atoms with Gasteiger partial charge in [0.25, 0.3) is 0 Å². The molecule has 2 rings (SSSR count). The van der Waals surface area contributed by atoms with Crippen molar-refractivity contribution in [1.29, 1.82) is 0 Å². The maximum Gasteiger partial charge on any atom is 0.246 e. The summed E-state index contributed by atoms with van der Waals surface area (Å²) in [6.07, 6.45) is 2.23. The molecule has 1 saturated heterocycles. The molecule has 4 nitrogen and oxygen atoms in total. The van der Waals surface area contributed by atoms with Crippen LogP contribution in [0.3, 0.4) is 0 Å². The molecule has 0 amide bonds. The first-order chi connectivity index (χ1) is 8.96. The Labute approximate surface area is 123 Å². The second-order valence-electron chi connectivity index (χ2n) is 4.58. The highest BCUT2D eigenvalue weighted by molar-refractivity contribution is 7.89. The van der Waals surface area contributed by atoms with Crippen LogP contribution in [0.15, 0.2) is 23.1 Å². The molecule has 0 spiro atoms. The van der Waals surface area contributed by atoms with Gasteiger partial charge in [-0.1, -0.05) is 6.42 Å². The molecule has 1 aromatic rings. The van der Waals surface area contributed by atoms with E-state index in [0.29, 0.717) is 25.5 Å². The number of hydrogen-bond donors (Lipinski definition) is 1. The quantitative estimate of drug-likeness (QED) is 0.922. The molecule has 1 aromatic carbocycles. The maximum absolute atomic E-state index is 13.6. The number of halogens is 3. The molecule has 1 aliphatic rings. The lowest BCUT2D eigenvalue weighted by Gasteiger charge is -2.33. The molecular weight excluding hydrogens is 310 g/mol. The lowest BCUT2D eigenvalue weighted by atomic mass is 10.1. The van der Waals surface area contributed by atoms with Crippen molar-refractivity contribution in [3.05, 3.63) is 29.8 Å². The fourth-order valence-corrected chi connectivity index (χ4v) is 4.11. The molecule has 0 saturated carbocycles. The summed E-state index contributed by atoms with van der Waals surface area (Å²) in [4.78, 5) is -0.618. The Hall–Kier alpha value is -0.760. The highest BCUT2D eigenvalue weighted by atomic mass is 35.5. The number of nitrogens with two attached hydrogens (primary N) is 1. The van der Waals surface area contributed by atoms with Crippen molar-refractivity contribution in [2.24, 2.45) is 5.73 Å². The second kappa shape index (κ2) is 6.80. The van der Waals surface area contributed by atoms with E-state index in [4.69, 9.17) is 5.73 Å². The van der Waals surface area contributed by atoms with Gasteiger partial charge in [-0.2, -0.15) is 4.31 Å². The first-order valence-electron chi connectivity index (χ1n) is 6.14. The molecule has 0 aliphatic carbocycles. The summed E-state index contributed by atoms with van der Waals surface area (Å²) in [7, 11) is -4.04. The van der Waals surface area contributed by atoms with E-state index in [1.807, 2.05) is 0 Å². The molecule has 1 fully saturated rings. The highest BCUT2D eigenvalue weighted by Crippen LogP contribution is 2.26. The summed E-state index contributed by atoms with van der Waals surface area (Å²) < 4.78 is 52.8. The van der Waals surface area contributed by atoms with Crippen LogP contribution in [0.4, 0.5) is 8.78 Å². The Balaban J connectivity index is 0.00000200. The van der Waals surface area contributed by atoms with E-state index in [9.17, 15) is 17.2 Å². The number of benzene rings is 1. The standard InChI is InChI=1S/C12H16F2N2O2S.ClH/c13-9-4-5-11(14)12(7-9)19(17,18)16-6-2-1-3-10(16)8-15;/h4-5,7,10H,1-3,6,8,15H2;1H. The Kier molecular flexibility index (Phi) is 5.88. The molecule has 114 valence electrons. The van der Waals surface area contributed by atoms with Gasteiger partial charge in [0, 0.05) is 19.1 Å². The fourth-order valence-electron chi connectivity index (χ4n) is 2.33. The van der Waals surface area contributed by atoms with Crippen molar-refractivity contribution in [2.45, 2.75) is 30.2 Å². The molecule has 0 bridgehead atoms. The number of rotatable bonds is 3. The maximum atomic E-state index is 13.6. The van der Waals surface area contributed by atoms with Crippen LogP contribution in [0, 0.1) is 11.6 Å². The van der Waals surface area contributed by atoms with E-state index >= 15 is 0 Å². The van der Waals surface area contributed by atoms with Crippen molar-refractivity contribution in [1.82, 2.24) is 4.31 Å². The van der Waals surface area contributed by atoms with Crippen LogP contribution < -0.4 is 5.73 Å². The lowest BCUT2D eigenvalue weighted by molar-refractivity contribution is 0.256. The van der Waals surface area contributed by atoms with E-state index in [2.05, 4.69) is 0 Å². The van der Waals surface area contributed by atoms with Gasteiger partial charge in [0.15, 0.2) is 0 Å². The predicted molar refractivity (Wildman–Crippen MR) is 74.2 cm³/mol. The second-order valence-corrected chi connectivity index (χ2v) is 6.43. The van der Waals surface area contributed by atoms with Crippen LogP contribution in [0.5, 0.6) is 0 Å². The summed E-state index contributed by atoms with van der Waals surface area (Å²) in [5, 5.41) is 0. The van der Waals surface area contributed by atoms with Gasteiger partial charge in [0.2, 0.25) is 10.0 Å². The van der Waals surface area contributed by atoms with Crippen LogP contribution >= 0.6 is 12.4 Å². The minimum absolute atomic E-state index is 0. The van der Waals surface area contributed by atoms with E-state index in [1.165, 1.54) is 4.31 Å². The molecule has 8 heteroatoms. The number of hydrogen-bond acceptors (Lipinski definition) is 3. The van der Waals surface area contributed by atoms with Gasteiger partial charge < -0.3 is 5.73 Å². The minimum Gasteiger partial charge on any atom is -0.329 e.